The molecular weight excluding hydrogens is 370 g/mol. The minimum atomic E-state index is -0.342. The molecule has 2 atom stereocenters. The highest BCUT2D eigenvalue weighted by Crippen LogP contribution is 2.41. The van der Waals surface area contributed by atoms with Crippen molar-refractivity contribution in [3.63, 3.8) is 0 Å². The molecule has 2 unspecified atom stereocenters. The van der Waals surface area contributed by atoms with E-state index in [1.165, 1.54) is 0 Å². The third kappa shape index (κ3) is 3.47. The summed E-state index contributed by atoms with van der Waals surface area (Å²) in [5.41, 5.74) is 2.02. The molecule has 29 heavy (non-hydrogen) atoms. The van der Waals surface area contributed by atoms with E-state index in [9.17, 15) is 9.59 Å². The van der Waals surface area contributed by atoms with Gasteiger partial charge in [-0.3, -0.25) is 14.6 Å². The van der Waals surface area contributed by atoms with Crippen molar-refractivity contribution in [1.29, 1.82) is 0 Å². The van der Waals surface area contributed by atoms with Crippen molar-refractivity contribution in [2.45, 2.75) is 6.42 Å². The average Bonchev–Trinajstić information content (AvgIpc) is 3.55. The number of benzene rings is 2. The molecule has 2 aliphatic rings. The second kappa shape index (κ2) is 7.09. The van der Waals surface area contributed by atoms with Crippen LogP contribution >= 0.6 is 0 Å². The zero-order valence-corrected chi connectivity index (χ0v) is 15.6. The quantitative estimate of drug-likeness (QED) is 0.715. The number of rotatable bonds is 4. The van der Waals surface area contributed by atoms with E-state index in [0.717, 1.165) is 10.9 Å². The van der Waals surface area contributed by atoms with Crippen molar-refractivity contribution in [3.05, 3.63) is 54.7 Å². The number of amides is 2. The van der Waals surface area contributed by atoms with Gasteiger partial charge in [-0.05, 0) is 30.7 Å². The number of aromatic nitrogens is 1. The van der Waals surface area contributed by atoms with E-state index in [1.54, 1.807) is 24.4 Å². The molecule has 0 bridgehead atoms. The highest BCUT2D eigenvalue weighted by molar-refractivity contribution is 6.06. The largest absolute Gasteiger partial charge is 0.486 e. The van der Waals surface area contributed by atoms with E-state index in [0.29, 0.717) is 42.5 Å². The fourth-order valence-electron chi connectivity index (χ4n) is 3.56. The molecule has 2 amide bonds. The van der Waals surface area contributed by atoms with Gasteiger partial charge in [0, 0.05) is 23.3 Å². The van der Waals surface area contributed by atoms with Gasteiger partial charge in [0.25, 0.3) is 0 Å². The third-order valence-corrected chi connectivity index (χ3v) is 5.16. The summed E-state index contributed by atoms with van der Waals surface area (Å²) in [6.45, 7) is 1.00. The van der Waals surface area contributed by atoms with Gasteiger partial charge in [0.2, 0.25) is 11.8 Å². The van der Waals surface area contributed by atoms with E-state index in [4.69, 9.17) is 9.47 Å². The number of hydrogen-bond acceptors (Lipinski definition) is 5. The molecule has 146 valence electrons. The number of para-hydroxylation sites is 1. The summed E-state index contributed by atoms with van der Waals surface area (Å²) in [7, 11) is 0. The summed E-state index contributed by atoms with van der Waals surface area (Å²) in [5.74, 6) is 0.268. The minimum absolute atomic E-state index is 0.162. The minimum Gasteiger partial charge on any atom is -0.486 e. The van der Waals surface area contributed by atoms with Gasteiger partial charge in [-0.15, -0.1) is 0 Å². The molecule has 3 aromatic rings. The molecule has 1 fully saturated rings. The molecule has 5 rings (SSSR count). The van der Waals surface area contributed by atoms with Crippen LogP contribution in [-0.2, 0) is 9.59 Å². The Hall–Kier alpha value is -3.61. The molecule has 7 nitrogen and oxygen atoms in total. The lowest BCUT2D eigenvalue weighted by molar-refractivity contribution is -0.122. The van der Waals surface area contributed by atoms with Crippen molar-refractivity contribution in [2.75, 3.05) is 23.8 Å². The first-order valence-electron chi connectivity index (χ1n) is 9.54. The van der Waals surface area contributed by atoms with Gasteiger partial charge in [0.15, 0.2) is 11.5 Å². The Labute approximate surface area is 167 Å². The van der Waals surface area contributed by atoms with Crippen LogP contribution in [0.15, 0.2) is 54.7 Å². The van der Waals surface area contributed by atoms with Gasteiger partial charge in [-0.25, -0.2) is 0 Å². The number of pyridine rings is 1. The number of nitrogens with one attached hydrogen (secondary N) is 2. The average molecular weight is 389 g/mol. The standard InChI is InChI=1S/C22H19N3O4/c26-21(24-14-6-7-18-19(11-14)29-10-9-28-18)15-12-16(15)22(27)25-17-5-1-3-13-4-2-8-23-20(13)17/h1-8,11,15-16H,9-10,12H2,(H,24,26)(H,25,27). The van der Waals surface area contributed by atoms with Gasteiger partial charge < -0.3 is 20.1 Å². The number of anilines is 2. The van der Waals surface area contributed by atoms with E-state index >= 15 is 0 Å². The second-order valence-electron chi connectivity index (χ2n) is 7.17. The molecule has 0 radical (unpaired) electrons. The zero-order chi connectivity index (χ0) is 19.8. The Morgan fingerprint density at radius 2 is 1.66 bits per heavy atom. The van der Waals surface area contributed by atoms with Crippen LogP contribution in [0.5, 0.6) is 11.5 Å². The maximum atomic E-state index is 12.6. The van der Waals surface area contributed by atoms with Gasteiger partial charge in [-0.2, -0.15) is 0 Å². The molecule has 7 heteroatoms. The van der Waals surface area contributed by atoms with Gasteiger partial charge in [0.1, 0.15) is 13.2 Å². The van der Waals surface area contributed by atoms with Crippen LogP contribution in [0.2, 0.25) is 0 Å². The van der Waals surface area contributed by atoms with Gasteiger partial charge in [0.05, 0.1) is 23.0 Å². The van der Waals surface area contributed by atoms with Crippen LogP contribution in [0.4, 0.5) is 11.4 Å². The molecular formula is C22H19N3O4. The van der Waals surface area contributed by atoms with Crippen LogP contribution in [0.25, 0.3) is 10.9 Å². The Morgan fingerprint density at radius 1 is 0.897 bits per heavy atom. The fourth-order valence-corrected chi connectivity index (χ4v) is 3.56. The van der Waals surface area contributed by atoms with Crippen molar-refractivity contribution in [3.8, 4) is 11.5 Å². The van der Waals surface area contributed by atoms with Crippen LogP contribution in [0, 0.1) is 11.8 Å². The first kappa shape index (κ1) is 17.5. The number of ether oxygens (including phenoxy) is 2. The van der Waals surface area contributed by atoms with E-state index in [-0.39, 0.29) is 23.7 Å². The Kier molecular flexibility index (Phi) is 4.27. The van der Waals surface area contributed by atoms with E-state index in [1.807, 2.05) is 30.3 Å². The normalized spacial score (nSPS) is 19.4. The molecule has 2 aromatic carbocycles. The Balaban J connectivity index is 1.23. The molecule has 2 N–H and O–H groups in total. The highest BCUT2D eigenvalue weighted by Gasteiger charge is 2.48. The summed E-state index contributed by atoms with van der Waals surface area (Å²) in [5, 5.41) is 6.74. The van der Waals surface area contributed by atoms with E-state index < -0.39 is 0 Å². The molecule has 0 saturated heterocycles. The predicted molar refractivity (Wildman–Crippen MR) is 108 cm³/mol. The summed E-state index contributed by atoms with van der Waals surface area (Å²) < 4.78 is 11.0. The number of fused-ring (bicyclic) bond motifs is 2. The van der Waals surface area contributed by atoms with Crippen molar-refractivity contribution in [1.82, 2.24) is 4.98 Å². The number of hydrogen-bond donors (Lipinski definition) is 2. The summed E-state index contributed by atoms with van der Waals surface area (Å²) in [4.78, 5) is 29.5. The maximum absolute atomic E-state index is 12.6. The summed E-state index contributed by atoms with van der Waals surface area (Å²) in [6, 6.07) is 14.7. The molecule has 1 saturated carbocycles. The molecule has 0 spiro atoms. The summed E-state index contributed by atoms with van der Waals surface area (Å²) in [6.07, 6.45) is 2.22. The fraction of sp³-hybridized carbons (Fsp3) is 0.227. The SMILES string of the molecule is O=C(Nc1ccc2c(c1)OCCO2)C1CC1C(=O)Nc1cccc2cccnc12. The third-order valence-electron chi connectivity index (χ3n) is 5.16. The van der Waals surface area contributed by atoms with Crippen LogP contribution in [0.3, 0.4) is 0 Å². The number of nitrogens with zero attached hydrogens (tertiary/aromatic N) is 1. The number of carbonyl (C=O) groups is 2. The Bertz CT molecular complexity index is 1110. The number of carbonyl (C=O) groups excluding carboxylic acids is 2. The first-order chi connectivity index (χ1) is 14.2. The van der Waals surface area contributed by atoms with Crippen molar-refractivity contribution < 1.29 is 19.1 Å². The second-order valence-corrected chi connectivity index (χ2v) is 7.17. The zero-order valence-electron chi connectivity index (χ0n) is 15.6. The van der Waals surface area contributed by atoms with Crippen molar-refractivity contribution in [2.24, 2.45) is 11.8 Å². The molecule has 1 aliphatic carbocycles. The van der Waals surface area contributed by atoms with E-state index in [2.05, 4.69) is 15.6 Å². The molecule has 1 aliphatic heterocycles. The smallest absolute Gasteiger partial charge is 0.228 e. The van der Waals surface area contributed by atoms with Crippen LogP contribution in [-0.4, -0.2) is 30.0 Å². The summed E-state index contributed by atoms with van der Waals surface area (Å²) >= 11 is 0. The predicted octanol–water partition coefficient (Wildman–Crippen LogP) is 3.22. The monoisotopic (exact) mass is 389 g/mol. The van der Waals surface area contributed by atoms with Crippen LogP contribution in [0.1, 0.15) is 6.42 Å². The lowest BCUT2D eigenvalue weighted by atomic mass is 10.2. The van der Waals surface area contributed by atoms with Gasteiger partial charge >= 0.3 is 0 Å². The van der Waals surface area contributed by atoms with Crippen molar-refractivity contribution >= 4 is 34.1 Å². The molecule has 2 heterocycles. The van der Waals surface area contributed by atoms with Crippen LogP contribution < -0.4 is 20.1 Å². The van der Waals surface area contributed by atoms with Gasteiger partial charge in [-0.1, -0.05) is 18.2 Å². The Morgan fingerprint density at radius 3 is 2.52 bits per heavy atom. The first-order valence-corrected chi connectivity index (χ1v) is 9.54. The lowest BCUT2D eigenvalue weighted by Gasteiger charge is -2.19. The highest BCUT2D eigenvalue weighted by atomic mass is 16.6. The topological polar surface area (TPSA) is 89.5 Å². The maximum Gasteiger partial charge on any atom is 0.228 e. The lowest BCUT2D eigenvalue weighted by Crippen LogP contribution is -2.21. The molecule has 1 aromatic heterocycles.